The second-order valence-electron chi connectivity index (χ2n) is 6.29. The summed E-state index contributed by atoms with van der Waals surface area (Å²) in [4.78, 5) is -0.0533. The van der Waals surface area contributed by atoms with Gasteiger partial charge < -0.3 is 0 Å². The second kappa shape index (κ2) is 8.02. The van der Waals surface area contributed by atoms with Crippen molar-refractivity contribution >= 4 is 15.7 Å². The molecular weight excluding hydrogens is 399 g/mol. The van der Waals surface area contributed by atoms with Crippen LogP contribution in [0.15, 0.2) is 77.7 Å². The summed E-state index contributed by atoms with van der Waals surface area (Å²) >= 11 is 0. The summed E-state index contributed by atoms with van der Waals surface area (Å²) in [6.45, 7) is 1.80. The maximum Gasteiger partial charge on any atom is 0.416 e. The number of hydrogen-bond acceptors (Lipinski definition) is 2. The highest BCUT2D eigenvalue weighted by Crippen LogP contribution is 2.33. The third kappa shape index (κ3) is 5.18. The summed E-state index contributed by atoms with van der Waals surface area (Å²) < 4.78 is 67.0. The summed E-state index contributed by atoms with van der Waals surface area (Å²) in [6.07, 6.45) is -4.62. The van der Waals surface area contributed by atoms with Gasteiger partial charge >= 0.3 is 6.18 Å². The summed E-state index contributed by atoms with van der Waals surface area (Å²) in [5, 5.41) is 0. The fourth-order valence-corrected chi connectivity index (χ4v) is 3.57. The molecule has 0 aromatic heterocycles. The van der Waals surface area contributed by atoms with Crippen LogP contribution in [0.2, 0.25) is 0 Å². The number of alkyl halides is 3. The number of rotatable bonds is 3. The van der Waals surface area contributed by atoms with Crippen molar-refractivity contribution in [2.45, 2.75) is 18.0 Å². The van der Waals surface area contributed by atoms with Crippen LogP contribution in [-0.2, 0) is 16.2 Å². The highest BCUT2D eigenvalue weighted by atomic mass is 32.2. The van der Waals surface area contributed by atoms with E-state index in [-0.39, 0.29) is 16.1 Å². The highest BCUT2D eigenvalue weighted by molar-refractivity contribution is 7.92. The topological polar surface area (TPSA) is 46.2 Å². The van der Waals surface area contributed by atoms with E-state index in [1.165, 1.54) is 12.1 Å². The Balaban J connectivity index is 2.04. The first-order chi connectivity index (χ1) is 13.6. The van der Waals surface area contributed by atoms with Crippen LogP contribution >= 0.6 is 0 Å². The molecule has 3 rings (SSSR count). The van der Waals surface area contributed by atoms with Gasteiger partial charge in [-0.2, -0.15) is 13.2 Å². The molecule has 3 aromatic carbocycles. The lowest BCUT2D eigenvalue weighted by molar-refractivity contribution is -0.137. The number of anilines is 1. The van der Waals surface area contributed by atoms with Crippen molar-refractivity contribution in [3.05, 3.63) is 95.1 Å². The molecule has 0 aliphatic rings. The zero-order valence-corrected chi connectivity index (χ0v) is 16.1. The third-order valence-corrected chi connectivity index (χ3v) is 5.42. The van der Waals surface area contributed by atoms with Gasteiger partial charge in [0.2, 0.25) is 0 Å². The van der Waals surface area contributed by atoms with Crippen LogP contribution in [0, 0.1) is 18.8 Å². The van der Waals surface area contributed by atoms with Gasteiger partial charge in [-0.15, -0.1) is 0 Å². The standard InChI is InChI=1S/C22H16F3NO2S/c1-16-7-13-20(14-8-16)29(27,28)26-21-15-19(22(23,24)25)12-11-18(21)10-9-17-5-3-2-4-6-17/h2-8,11-15,26H,1H3. The molecule has 1 N–H and O–H groups in total. The van der Waals surface area contributed by atoms with Crippen molar-refractivity contribution in [3.8, 4) is 11.8 Å². The van der Waals surface area contributed by atoms with Crippen LogP contribution in [0.3, 0.4) is 0 Å². The summed E-state index contributed by atoms with van der Waals surface area (Å²) in [7, 11) is -4.08. The lowest BCUT2D eigenvalue weighted by Crippen LogP contribution is -2.15. The molecule has 0 amide bonds. The van der Waals surface area contributed by atoms with E-state index < -0.39 is 21.8 Å². The minimum absolute atomic E-state index is 0.0533. The van der Waals surface area contributed by atoms with Gasteiger partial charge in [0.1, 0.15) is 0 Å². The first-order valence-corrected chi connectivity index (χ1v) is 10.0. The van der Waals surface area contributed by atoms with E-state index in [1.807, 2.05) is 6.07 Å². The Labute approximate surface area is 167 Å². The SMILES string of the molecule is Cc1ccc(S(=O)(=O)Nc2cc(C(F)(F)F)ccc2C#Cc2ccccc2)cc1. The van der Waals surface area contributed by atoms with E-state index in [4.69, 9.17) is 0 Å². The maximum atomic E-state index is 13.1. The van der Waals surface area contributed by atoms with Crippen LogP contribution in [0.4, 0.5) is 18.9 Å². The molecule has 29 heavy (non-hydrogen) atoms. The normalized spacial score (nSPS) is 11.4. The number of hydrogen-bond donors (Lipinski definition) is 1. The zero-order chi connectivity index (χ0) is 21.1. The molecule has 0 saturated carbocycles. The van der Waals surface area contributed by atoms with Crippen molar-refractivity contribution in [1.29, 1.82) is 0 Å². The fraction of sp³-hybridized carbons (Fsp3) is 0.0909. The lowest BCUT2D eigenvalue weighted by atomic mass is 10.1. The largest absolute Gasteiger partial charge is 0.416 e. The first kappa shape index (κ1) is 20.5. The third-order valence-electron chi connectivity index (χ3n) is 4.04. The van der Waals surface area contributed by atoms with Gasteiger partial charge in [0.25, 0.3) is 10.0 Å². The average molecular weight is 415 g/mol. The number of benzene rings is 3. The Morgan fingerprint density at radius 3 is 2.14 bits per heavy atom. The molecule has 0 saturated heterocycles. The van der Waals surface area contributed by atoms with Gasteiger partial charge in [-0.1, -0.05) is 47.7 Å². The van der Waals surface area contributed by atoms with Gasteiger partial charge in [-0.3, -0.25) is 4.72 Å². The van der Waals surface area contributed by atoms with Crippen molar-refractivity contribution < 1.29 is 21.6 Å². The molecule has 0 aliphatic carbocycles. The van der Waals surface area contributed by atoms with E-state index >= 15 is 0 Å². The smallest absolute Gasteiger partial charge is 0.278 e. The van der Waals surface area contributed by atoms with E-state index in [2.05, 4.69) is 16.6 Å². The van der Waals surface area contributed by atoms with E-state index in [0.717, 1.165) is 23.8 Å². The first-order valence-electron chi connectivity index (χ1n) is 8.53. The van der Waals surface area contributed by atoms with Gasteiger partial charge in [0.05, 0.1) is 16.1 Å². The molecule has 0 radical (unpaired) electrons. The minimum Gasteiger partial charge on any atom is -0.278 e. The van der Waals surface area contributed by atoms with Crippen LogP contribution < -0.4 is 4.72 Å². The molecule has 0 unspecified atom stereocenters. The number of sulfonamides is 1. The fourth-order valence-electron chi connectivity index (χ4n) is 2.50. The molecule has 0 atom stereocenters. The van der Waals surface area contributed by atoms with Crippen LogP contribution in [0.1, 0.15) is 22.3 Å². The van der Waals surface area contributed by atoms with Crippen LogP contribution in [0.25, 0.3) is 0 Å². The Kier molecular flexibility index (Phi) is 5.66. The minimum atomic E-state index is -4.62. The summed E-state index contributed by atoms with van der Waals surface area (Å²) in [5.41, 5.74) is 0.447. The number of nitrogens with one attached hydrogen (secondary N) is 1. The quantitative estimate of drug-likeness (QED) is 0.597. The van der Waals surface area contributed by atoms with E-state index in [0.29, 0.717) is 5.56 Å². The van der Waals surface area contributed by atoms with Gasteiger partial charge in [-0.25, -0.2) is 8.42 Å². The van der Waals surface area contributed by atoms with Crippen LogP contribution in [0.5, 0.6) is 0 Å². The zero-order valence-electron chi connectivity index (χ0n) is 15.3. The predicted octanol–water partition coefficient (Wildman–Crippen LogP) is 5.21. The molecule has 0 spiro atoms. The molecule has 0 fully saturated rings. The monoisotopic (exact) mass is 415 g/mol. The Hall–Kier alpha value is -3.24. The molecular formula is C22H16F3NO2S. The van der Waals surface area contributed by atoms with Crippen molar-refractivity contribution in [3.63, 3.8) is 0 Å². The molecule has 3 nitrogen and oxygen atoms in total. The number of aryl methyl sites for hydroxylation is 1. The average Bonchev–Trinajstić information content (AvgIpc) is 2.67. The summed E-state index contributed by atoms with van der Waals surface area (Å²) in [6, 6.07) is 17.6. The highest BCUT2D eigenvalue weighted by Gasteiger charge is 2.31. The molecule has 0 bridgehead atoms. The van der Waals surface area contributed by atoms with Crippen molar-refractivity contribution in [1.82, 2.24) is 0 Å². The Bertz CT molecular complexity index is 1170. The van der Waals surface area contributed by atoms with Crippen LogP contribution in [-0.4, -0.2) is 8.42 Å². The Morgan fingerprint density at radius 1 is 0.862 bits per heavy atom. The lowest BCUT2D eigenvalue weighted by Gasteiger charge is -2.13. The van der Waals surface area contributed by atoms with Gasteiger partial charge in [0.15, 0.2) is 0 Å². The van der Waals surface area contributed by atoms with E-state index in [1.54, 1.807) is 43.3 Å². The molecule has 7 heteroatoms. The molecule has 0 aliphatic heterocycles. The maximum absolute atomic E-state index is 13.1. The molecule has 0 heterocycles. The summed E-state index contributed by atoms with van der Waals surface area (Å²) in [5.74, 6) is 5.57. The molecule has 148 valence electrons. The molecule has 3 aromatic rings. The van der Waals surface area contributed by atoms with Crippen molar-refractivity contribution in [2.24, 2.45) is 0 Å². The Morgan fingerprint density at radius 2 is 1.52 bits per heavy atom. The number of halogens is 3. The van der Waals surface area contributed by atoms with Crippen molar-refractivity contribution in [2.75, 3.05) is 4.72 Å². The van der Waals surface area contributed by atoms with E-state index in [9.17, 15) is 21.6 Å². The second-order valence-corrected chi connectivity index (χ2v) is 7.98. The van der Waals surface area contributed by atoms with Gasteiger partial charge in [-0.05, 0) is 49.4 Å². The predicted molar refractivity (Wildman–Crippen MR) is 106 cm³/mol. The van der Waals surface area contributed by atoms with Gasteiger partial charge in [0, 0.05) is 11.1 Å².